The van der Waals surface area contributed by atoms with Gasteiger partial charge in [-0.1, -0.05) is 24.4 Å². The monoisotopic (exact) mass is 162 g/mol. The number of hydrogen-bond acceptors (Lipinski definition) is 1. The SMILES string of the molecule is CBc1ccc(C(=O)O)c(C)c1. The summed E-state index contributed by atoms with van der Waals surface area (Å²) in [5.41, 5.74) is 2.41. The van der Waals surface area contributed by atoms with Crippen LogP contribution in [0.3, 0.4) is 0 Å². The van der Waals surface area contributed by atoms with Crippen molar-refractivity contribution in [3.63, 3.8) is 0 Å². The molecule has 62 valence electrons. The van der Waals surface area contributed by atoms with Gasteiger partial charge in [-0.15, -0.1) is 0 Å². The minimum Gasteiger partial charge on any atom is -0.478 e. The van der Waals surface area contributed by atoms with Gasteiger partial charge in [0.15, 0.2) is 7.28 Å². The van der Waals surface area contributed by atoms with E-state index in [4.69, 9.17) is 5.11 Å². The van der Waals surface area contributed by atoms with Crippen LogP contribution in [0.5, 0.6) is 0 Å². The number of carboxylic acid groups (broad SMARTS) is 1. The minimum absolute atomic E-state index is 0.396. The topological polar surface area (TPSA) is 37.3 Å². The number of aryl methyl sites for hydroxylation is 1. The lowest BCUT2D eigenvalue weighted by atomic mass is 9.72. The lowest BCUT2D eigenvalue weighted by Crippen LogP contribution is -2.12. The number of rotatable bonds is 2. The average Bonchev–Trinajstić information content (AvgIpc) is 2.03. The van der Waals surface area contributed by atoms with Gasteiger partial charge >= 0.3 is 5.97 Å². The van der Waals surface area contributed by atoms with Gasteiger partial charge < -0.3 is 5.11 Å². The Hall–Kier alpha value is -1.25. The fraction of sp³-hybridized carbons (Fsp3) is 0.222. The van der Waals surface area contributed by atoms with Crippen molar-refractivity contribution in [1.29, 1.82) is 0 Å². The summed E-state index contributed by atoms with van der Waals surface area (Å²) in [5.74, 6) is -0.852. The second kappa shape index (κ2) is 3.43. The molecular weight excluding hydrogens is 151 g/mol. The third-order valence-corrected chi connectivity index (χ3v) is 1.93. The second-order valence-electron chi connectivity index (χ2n) is 2.81. The van der Waals surface area contributed by atoms with E-state index in [-0.39, 0.29) is 0 Å². The average molecular weight is 162 g/mol. The van der Waals surface area contributed by atoms with E-state index in [1.807, 2.05) is 19.1 Å². The van der Waals surface area contributed by atoms with Gasteiger partial charge in [0.25, 0.3) is 0 Å². The molecule has 0 aliphatic rings. The van der Waals surface area contributed by atoms with E-state index in [1.54, 1.807) is 6.07 Å². The van der Waals surface area contributed by atoms with Crippen molar-refractivity contribution in [3.05, 3.63) is 29.3 Å². The zero-order valence-corrected chi connectivity index (χ0v) is 7.29. The lowest BCUT2D eigenvalue weighted by molar-refractivity contribution is 0.0696. The molecule has 0 saturated carbocycles. The molecule has 0 radical (unpaired) electrons. The summed E-state index contributed by atoms with van der Waals surface area (Å²) in [6.07, 6.45) is 0. The molecule has 1 N–H and O–H groups in total. The molecule has 0 amide bonds. The molecule has 0 heterocycles. The van der Waals surface area contributed by atoms with Crippen molar-refractivity contribution in [2.45, 2.75) is 13.7 Å². The van der Waals surface area contributed by atoms with Crippen molar-refractivity contribution in [3.8, 4) is 0 Å². The van der Waals surface area contributed by atoms with Gasteiger partial charge in [-0.25, -0.2) is 4.79 Å². The Morgan fingerprint density at radius 3 is 2.58 bits per heavy atom. The first kappa shape index (κ1) is 8.85. The number of aromatic carboxylic acids is 1. The quantitative estimate of drug-likeness (QED) is 0.653. The fourth-order valence-electron chi connectivity index (χ4n) is 1.19. The highest BCUT2D eigenvalue weighted by atomic mass is 16.4. The standard InChI is InChI=1S/C9H11BO2/c1-6-5-7(10-2)3-4-8(6)9(11)12/h3-5,10H,1-2H3,(H,11,12). The maximum Gasteiger partial charge on any atom is 0.335 e. The van der Waals surface area contributed by atoms with E-state index < -0.39 is 5.97 Å². The molecule has 0 spiro atoms. The lowest BCUT2D eigenvalue weighted by Gasteiger charge is -2.01. The highest BCUT2D eigenvalue weighted by Gasteiger charge is 2.05. The summed E-state index contributed by atoms with van der Waals surface area (Å²) in [4.78, 5) is 10.6. The fourth-order valence-corrected chi connectivity index (χ4v) is 1.19. The van der Waals surface area contributed by atoms with Crippen molar-refractivity contribution in [1.82, 2.24) is 0 Å². The van der Waals surface area contributed by atoms with Crippen LogP contribution in [0.4, 0.5) is 0 Å². The minimum atomic E-state index is -0.852. The molecule has 2 nitrogen and oxygen atoms in total. The molecule has 1 aromatic rings. The first-order valence-electron chi connectivity index (χ1n) is 3.98. The highest BCUT2D eigenvalue weighted by molar-refractivity contribution is 6.51. The van der Waals surface area contributed by atoms with Crippen LogP contribution in [0.2, 0.25) is 6.82 Å². The smallest absolute Gasteiger partial charge is 0.335 e. The van der Waals surface area contributed by atoms with E-state index in [1.165, 1.54) is 5.46 Å². The highest BCUT2D eigenvalue weighted by Crippen LogP contribution is 2.04. The Morgan fingerprint density at radius 2 is 2.17 bits per heavy atom. The van der Waals surface area contributed by atoms with E-state index in [0.29, 0.717) is 5.56 Å². The first-order chi connectivity index (χ1) is 5.65. The Kier molecular flexibility index (Phi) is 2.53. The first-order valence-corrected chi connectivity index (χ1v) is 3.98. The molecule has 0 saturated heterocycles. The summed E-state index contributed by atoms with van der Waals surface area (Å²) >= 11 is 0. The summed E-state index contributed by atoms with van der Waals surface area (Å²) in [6, 6.07) is 5.44. The van der Waals surface area contributed by atoms with Crippen LogP contribution in [0.1, 0.15) is 15.9 Å². The molecule has 12 heavy (non-hydrogen) atoms. The van der Waals surface area contributed by atoms with Crippen LogP contribution in [0.25, 0.3) is 0 Å². The summed E-state index contributed by atoms with van der Waals surface area (Å²) in [6.45, 7) is 3.87. The molecule has 0 unspecified atom stereocenters. The van der Waals surface area contributed by atoms with E-state index in [2.05, 4.69) is 6.82 Å². The van der Waals surface area contributed by atoms with Crippen LogP contribution >= 0.6 is 0 Å². The maximum atomic E-state index is 10.6. The largest absolute Gasteiger partial charge is 0.478 e. The van der Waals surface area contributed by atoms with Gasteiger partial charge in [-0.3, -0.25) is 0 Å². The van der Waals surface area contributed by atoms with Gasteiger partial charge in [-0.2, -0.15) is 0 Å². The van der Waals surface area contributed by atoms with Gasteiger partial charge in [-0.05, 0) is 18.6 Å². The van der Waals surface area contributed by atoms with Gasteiger partial charge in [0.2, 0.25) is 0 Å². The zero-order valence-electron chi connectivity index (χ0n) is 7.29. The summed E-state index contributed by atoms with van der Waals surface area (Å²) in [5, 5.41) is 8.73. The summed E-state index contributed by atoms with van der Waals surface area (Å²) in [7, 11) is 0.945. The van der Waals surface area contributed by atoms with Crippen molar-refractivity contribution >= 4 is 18.7 Å². The van der Waals surface area contributed by atoms with Crippen molar-refractivity contribution in [2.75, 3.05) is 0 Å². The Balaban J connectivity index is 3.12. The Labute approximate surface area is 72.5 Å². The van der Waals surface area contributed by atoms with Gasteiger partial charge in [0.05, 0.1) is 5.56 Å². The van der Waals surface area contributed by atoms with Gasteiger partial charge in [0.1, 0.15) is 0 Å². The van der Waals surface area contributed by atoms with Crippen molar-refractivity contribution in [2.24, 2.45) is 0 Å². The number of carbonyl (C=O) groups is 1. The molecule has 0 aliphatic carbocycles. The van der Waals surface area contributed by atoms with E-state index >= 15 is 0 Å². The second-order valence-corrected chi connectivity index (χ2v) is 2.81. The molecule has 1 rings (SSSR count). The number of benzene rings is 1. The molecule has 0 bridgehead atoms. The Bertz CT molecular complexity index is 307. The van der Waals surface area contributed by atoms with Crippen LogP contribution in [0, 0.1) is 6.92 Å². The molecule has 0 aliphatic heterocycles. The molecule has 0 fully saturated rings. The third kappa shape index (κ3) is 1.67. The van der Waals surface area contributed by atoms with Crippen LogP contribution < -0.4 is 5.46 Å². The van der Waals surface area contributed by atoms with Crippen LogP contribution in [0.15, 0.2) is 18.2 Å². The van der Waals surface area contributed by atoms with Crippen LogP contribution in [-0.4, -0.2) is 18.4 Å². The van der Waals surface area contributed by atoms with E-state index in [0.717, 1.165) is 12.8 Å². The van der Waals surface area contributed by atoms with Crippen molar-refractivity contribution < 1.29 is 9.90 Å². The molecule has 3 heteroatoms. The van der Waals surface area contributed by atoms with E-state index in [9.17, 15) is 4.79 Å². The number of hydrogen-bond donors (Lipinski definition) is 1. The van der Waals surface area contributed by atoms with Gasteiger partial charge in [0, 0.05) is 0 Å². The molecular formula is C9H11BO2. The van der Waals surface area contributed by atoms with Crippen LogP contribution in [-0.2, 0) is 0 Å². The maximum absolute atomic E-state index is 10.6. The molecule has 0 atom stereocenters. The molecule has 1 aromatic carbocycles. The normalized spacial score (nSPS) is 9.50. The predicted molar refractivity (Wildman–Crippen MR) is 50.8 cm³/mol. The Morgan fingerprint density at radius 1 is 1.50 bits per heavy atom. The zero-order chi connectivity index (χ0) is 9.14. The molecule has 0 aromatic heterocycles. The number of carboxylic acids is 1. The summed E-state index contributed by atoms with van der Waals surface area (Å²) < 4.78 is 0. The third-order valence-electron chi connectivity index (χ3n) is 1.93. The predicted octanol–water partition coefficient (Wildman–Crippen LogP) is 0.803.